The van der Waals surface area contributed by atoms with Gasteiger partial charge in [-0.3, -0.25) is 4.68 Å². The number of rotatable bonds is 3. The SMILES string of the molecule is Cc1cc(Nc2ncnc3c2cnn3C)cnc1N1CCCCC1C. The van der Waals surface area contributed by atoms with Crippen molar-refractivity contribution in [2.24, 2.45) is 7.05 Å². The summed E-state index contributed by atoms with van der Waals surface area (Å²) in [5.41, 5.74) is 2.91. The zero-order chi connectivity index (χ0) is 17.4. The van der Waals surface area contributed by atoms with E-state index in [1.807, 2.05) is 13.2 Å². The van der Waals surface area contributed by atoms with E-state index < -0.39 is 0 Å². The Hall–Kier alpha value is -2.70. The van der Waals surface area contributed by atoms with Gasteiger partial charge in [0.1, 0.15) is 18.0 Å². The molecular formula is C18H23N7. The number of aromatic nitrogens is 5. The fourth-order valence-corrected chi connectivity index (χ4v) is 3.55. The molecule has 1 atom stereocenters. The van der Waals surface area contributed by atoms with Crippen LogP contribution in [-0.2, 0) is 7.05 Å². The molecule has 1 fully saturated rings. The molecule has 7 heteroatoms. The van der Waals surface area contributed by atoms with Crippen LogP contribution in [0.15, 0.2) is 24.8 Å². The van der Waals surface area contributed by atoms with Gasteiger partial charge in [0.15, 0.2) is 5.65 Å². The van der Waals surface area contributed by atoms with Crippen LogP contribution in [0.25, 0.3) is 11.0 Å². The van der Waals surface area contributed by atoms with E-state index in [0.29, 0.717) is 6.04 Å². The molecule has 7 nitrogen and oxygen atoms in total. The van der Waals surface area contributed by atoms with Crippen LogP contribution in [0.4, 0.5) is 17.3 Å². The number of nitrogens with zero attached hydrogens (tertiary/aromatic N) is 6. The second-order valence-corrected chi connectivity index (χ2v) is 6.76. The lowest BCUT2D eigenvalue weighted by atomic mass is 10.0. The summed E-state index contributed by atoms with van der Waals surface area (Å²) in [5.74, 6) is 1.84. The van der Waals surface area contributed by atoms with Gasteiger partial charge < -0.3 is 10.2 Å². The Morgan fingerprint density at radius 1 is 1.16 bits per heavy atom. The fourth-order valence-electron chi connectivity index (χ4n) is 3.55. The monoisotopic (exact) mass is 337 g/mol. The van der Waals surface area contributed by atoms with Crippen molar-refractivity contribution >= 4 is 28.4 Å². The predicted octanol–water partition coefficient (Wildman–Crippen LogP) is 3.19. The Kier molecular flexibility index (Phi) is 3.99. The second kappa shape index (κ2) is 6.31. The highest BCUT2D eigenvalue weighted by molar-refractivity contribution is 5.88. The van der Waals surface area contributed by atoms with Crippen LogP contribution in [0, 0.1) is 6.92 Å². The van der Waals surface area contributed by atoms with E-state index in [9.17, 15) is 0 Å². The Morgan fingerprint density at radius 2 is 2.04 bits per heavy atom. The molecule has 130 valence electrons. The molecule has 1 aliphatic rings. The predicted molar refractivity (Wildman–Crippen MR) is 99.2 cm³/mol. The van der Waals surface area contributed by atoms with Crippen molar-refractivity contribution in [2.75, 3.05) is 16.8 Å². The molecule has 3 aromatic heterocycles. The minimum atomic E-state index is 0.552. The van der Waals surface area contributed by atoms with Gasteiger partial charge in [-0.05, 0) is 44.7 Å². The van der Waals surface area contributed by atoms with E-state index in [-0.39, 0.29) is 0 Å². The molecule has 0 aromatic carbocycles. The molecule has 4 rings (SSSR count). The van der Waals surface area contributed by atoms with Crippen molar-refractivity contribution in [3.8, 4) is 0 Å². The summed E-state index contributed by atoms with van der Waals surface area (Å²) in [6, 6.07) is 2.68. The summed E-state index contributed by atoms with van der Waals surface area (Å²) in [7, 11) is 1.87. The van der Waals surface area contributed by atoms with Crippen LogP contribution in [0.1, 0.15) is 31.7 Å². The summed E-state index contributed by atoms with van der Waals surface area (Å²) in [5, 5.41) is 8.51. The van der Waals surface area contributed by atoms with Gasteiger partial charge >= 0.3 is 0 Å². The number of hydrogen-bond donors (Lipinski definition) is 1. The van der Waals surface area contributed by atoms with Crippen molar-refractivity contribution in [1.29, 1.82) is 0 Å². The number of fused-ring (bicyclic) bond motifs is 1. The first-order valence-electron chi connectivity index (χ1n) is 8.76. The molecule has 0 aliphatic carbocycles. The molecule has 0 spiro atoms. The quantitative estimate of drug-likeness (QED) is 0.791. The molecule has 1 aliphatic heterocycles. The molecule has 1 N–H and O–H groups in total. The molecule has 0 radical (unpaired) electrons. The van der Waals surface area contributed by atoms with Gasteiger partial charge in [0.2, 0.25) is 0 Å². The third-order valence-corrected chi connectivity index (χ3v) is 4.92. The van der Waals surface area contributed by atoms with E-state index in [0.717, 1.165) is 34.9 Å². The molecule has 25 heavy (non-hydrogen) atoms. The van der Waals surface area contributed by atoms with Gasteiger partial charge in [0, 0.05) is 19.6 Å². The van der Waals surface area contributed by atoms with Crippen LogP contribution in [0.5, 0.6) is 0 Å². The van der Waals surface area contributed by atoms with Gasteiger partial charge in [0.25, 0.3) is 0 Å². The molecule has 0 saturated carbocycles. The first-order valence-corrected chi connectivity index (χ1v) is 8.76. The molecule has 4 heterocycles. The lowest BCUT2D eigenvalue weighted by molar-refractivity contribution is 0.480. The highest BCUT2D eigenvalue weighted by Crippen LogP contribution is 2.28. The third-order valence-electron chi connectivity index (χ3n) is 4.92. The Balaban J connectivity index is 1.62. The van der Waals surface area contributed by atoms with Crippen LogP contribution in [0.3, 0.4) is 0 Å². The number of nitrogens with one attached hydrogen (secondary N) is 1. The van der Waals surface area contributed by atoms with E-state index >= 15 is 0 Å². The van der Waals surface area contributed by atoms with Gasteiger partial charge in [-0.1, -0.05) is 0 Å². The molecule has 0 bridgehead atoms. The van der Waals surface area contributed by atoms with E-state index in [1.165, 1.54) is 24.8 Å². The maximum Gasteiger partial charge on any atom is 0.163 e. The van der Waals surface area contributed by atoms with Crippen molar-refractivity contribution in [3.63, 3.8) is 0 Å². The Labute approximate surface area is 147 Å². The highest BCUT2D eigenvalue weighted by Gasteiger charge is 2.21. The average Bonchev–Trinajstić information content (AvgIpc) is 2.99. The summed E-state index contributed by atoms with van der Waals surface area (Å²) < 4.78 is 1.74. The summed E-state index contributed by atoms with van der Waals surface area (Å²) >= 11 is 0. The summed E-state index contributed by atoms with van der Waals surface area (Å²) in [4.78, 5) is 15.8. The van der Waals surface area contributed by atoms with Gasteiger partial charge in [-0.25, -0.2) is 15.0 Å². The van der Waals surface area contributed by atoms with Crippen molar-refractivity contribution in [1.82, 2.24) is 24.7 Å². The number of hydrogen-bond acceptors (Lipinski definition) is 6. The summed E-state index contributed by atoms with van der Waals surface area (Å²) in [6.45, 7) is 5.49. The lowest BCUT2D eigenvalue weighted by Gasteiger charge is -2.35. The normalized spacial score (nSPS) is 17.9. The van der Waals surface area contributed by atoms with Crippen LogP contribution < -0.4 is 10.2 Å². The van der Waals surface area contributed by atoms with Crippen LogP contribution >= 0.6 is 0 Å². The summed E-state index contributed by atoms with van der Waals surface area (Å²) in [6.07, 6.45) is 9.00. The smallest absolute Gasteiger partial charge is 0.163 e. The van der Waals surface area contributed by atoms with E-state index in [2.05, 4.69) is 45.2 Å². The second-order valence-electron chi connectivity index (χ2n) is 6.76. The van der Waals surface area contributed by atoms with Crippen molar-refractivity contribution in [3.05, 3.63) is 30.4 Å². The van der Waals surface area contributed by atoms with Gasteiger partial charge in [-0.15, -0.1) is 0 Å². The maximum atomic E-state index is 4.73. The van der Waals surface area contributed by atoms with E-state index in [1.54, 1.807) is 17.2 Å². The average molecular weight is 337 g/mol. The highest BCUT2D eigenvalue weighted by atomic mass is 15.3. The third kappa shape index (κ3) is 2.90. The minimum absolute atomic E-state index is 0.552. The Bertz CT molecular complexity index is 902. The molecule has 0 amide bonds. The topological polar surface area (TPSA) is 71.8 Å². The molecule has 1 saturated heterocycles. The molecule has 1 unspecified atom stereocenters. The number of piperidine rings is 1. The van der Waals surface area contributed by atoms with E-state index in [4.69, 9.17) is 4.98 Å². The van der Waals surface area contributed by atoms with Crippen LogP contribution in [-0.4, -0.2) is 37.3 Å². The Morgan fingerprint density at radius 3 is 2.84 bits per heavy atom. The minimum Gasteiger partial charge on any atom is -0.354 e. The number of anilines is 3. The molecule has 3 aromatic rings. The largest absolute Gasteiger partial charge is 0.354 e. The number of aryl methyl sites for hydroxylation is 2. The zero-order valence-electron chi connectivity index (χ0n) is 14.9. The van der Waals surface area contributed by atoms with Crippen molar-refractivity contribution in [2.45, 2.75) is 39.2 Å². The lowest BCUT2D eigenvalue weighted by Crippen LogP contribution is -2.38. The van der Waals surface area contributed by atoms with Gasteiger partial charge in [-0.2, -0.15) is 5.10 Å². The maximum absolute atomic E-state index is 4.73. The van der Waals surface area contributed by atoms with Crippen LogP contribution in [0.2, 0.25) is 0 Å². The first kappa shape index (κ1) is 15.8. The first-order chi connectivity index (χ1) is 12.1. The standard InChI is InChI=1S/C18H23N7/c1-12-8-14(9-19-17(12)25-7-5-4-6-13(25)2)23-16-15-10-22-24(3)18(15)21-11-20-16/h8-11,13H,4-7H2,1-3H3,(H,20,21,23). The molecular weight excluding hydrogens is 314 g/mol. The van der Waals surface area contributed by atoms with Gasteiger partial charge in [0.05, 0.1) is 23.5 Å². The number of pyridine rings is 1. The fraction of sp³-hybridized carbons (Fsp3) is 0.444. The zero-order valence-corrected chi connectivity index (χ0v) is 14.9. The van der Waals surface area contributed by atoms with Crippen molar-refractivity contribution < 1.29 is 0 Å².